The Morgan fingerprint density at radius 3 is 1.73 bits per heavy atom. The van der Waals surface area contributed by atoms with Gasteiger partial charge in [0.2, 0.25) is 6.71 Å². The fourth-order valence-corrected chi connectivity index (χ4v) is 13.6. The molecule has 4 unspecified atom stereocenters. The number of anilines is 4. The van der Waals surface area contributed by atoms with Gasteiger partial charge >= 0.3 is 0 Å². The van der Waals surface area contributed by atoms with E-state index >= 15 is 0 Å². The van der Waals surface area contributed by atoms with Gasteiger partial charge in [0.1, 0.15) is 0 Å². The van der Waals surface area contributed by atoms with E-state index in [4.69, 9.17) is 0 Å². The maximum Gasteiger partial charge on any atom is 0.226 e. The van der Waals surface area contributed by atoms with Crippen molar-refractivity contribution in [3.05, 3.63) is 131 Å². The lowest BCUT2D eigenvalue weighted by atomic mass is 9.28. The molecule has 0 spiro atoms. The van der Waals surface area contributed by atoms with Gasteiger partial charge in [-0.05, 0) is 166 Å². The number of rotatable bonds is 4. The number of benzene rings is 4. The summed E-state index contributed by atoms with van der Waals surface area (Å²) in [5.41, 5.74) is 18.2. The first kappa shape index (κ1) is 35.2. The highest BCUT2D eigenvalue weighted by molar-refractivity contribution is 6.90. The van der Waals surface area contributed by atoms with Crippen LogP contribution in [0, 0.1) is 22.7 Å². The van der Waals surface area contributed by atoms with Gasteiger partial charge in [0.25, 0.3) is 0 Å². The molecule has 2 nitrogen and oxygen atoms in total. The Morgan fingerprint density at radius 1 is 0.607 bits per heavy atom. The molecule has 13 rings (SSSR count). The molecule has 2 heterocycles. The van der Waals surface area contributed by atoms with Crippen LogP contribution in [-0.4, -0.2) is 12.8 Å². The van der Waals surface area contributed by atoms with E-state index in [2.05, 4.69) is 169 Å². The molecule has 4 atom stereocenters. The molecule has 4 aromatic carbocycles. The zero-order valence-corrected chi connectivity index (χ0v) is 35.4. The van der Waals surface area contributed by atoms with Gasteiger partial charge in [-0.2, -0.15) is 0 Å². The zero-order valence-electron chi connectivity index (χ0n) is 35.4. The first-order valence-corrected chi connectivity index (χ1v) is 22.1. The summed E-state index contributed by atoms with van der Waals surface area (Å²) in [5, 5.41) is 0. The van der Waals surface area contributed by atoms with Crippen molar-refractivity contribution in [2.45, 2.75) is 135 Å². The van der Waals surface area contributed by atoms with E-state index in [1.807, 2.05) is 0 Å². The van der Waals surface area contributed by atoms with Crippen molar-refractivity contribution in [2.24, 2.45) is 22.7 Å². The quantitative estimate of drug-likeness (QED) is 0.193. The fraction of sp³-hybridized carbons (Fsp3) is 0.472. The minimum atomic E-state index is 0.0518. The molecule has 56 heavy (non-hydrogen) atoms. The summed E-state index contributed by atoms with van der Waals surface area (Å²) in [4.78, 5) is 5.40. The lowest BCUT2D eigenvalue weighted by Gasteiger charge is -2.53. The van der Waals surface area contributed by atoms with Crippen LogP contribution in [0.1, 0.15) is 135 Å². The maximum atomic E-state index is 2.71. The van der Waals surface area contributed by atoms with E-state index in [-0.39, 0.29) is 29.4 Å². The molecule has 3 heteroatoms. The highest BCUT2D eigenvalue weighted by atomic mass is 15.2. The van der Waals surface area contributed by atoms with Crippen LogP contribution in [0.25, 0.3) is 0 Å². The minimum absolute atomic E-state index is 0.0518. The molecular formula is C53H61BN2. The van der Waals surface area contributed by atoms with Crippen molar-refractivity contribution in [1.29, 1.82) is 0 Å². The third-order valence-corrected chi connectivity index (χ3v) is 16.4. The molecule has 0 saturated heterocycles. The topological polar surface area (TPSA) is 6.48 Å². The summed E-state index contributed by atoms with van der Waals surface area (Å²) < 4.78 is 0. The number of hydrogen-bond acceptors (Lipinski definition) is 2. The first-order chi connectivity index (χ1) is 26.6. The second kappa shape index (κ2) is 11.6. The van der Waals surface area contributed by atoms with Gasteiger partial charge < -0.3 is 9.80 Å². The van der Waals surface area contributed by atoms with E-state index in [1.54, 1.807) is 11.1 Å². The van der Waals surface area contributed by atoms with Crippen LogP contribution in [0.15, 0.2) is 108 Å². The van der Waals surface area contributed by atoms with Crippen molar-refractivity contribution in [3.63, 3.8) is 0 Å². The van der Waals surface area contributed by atoms with Gasteiger partial charge in [0.05, 0.1) is 6.04 Å². The van der Waals surface area contributed by atoms with Crippen LogP contribution in [0.3, 0.4) is 0 Å². The molecule has 0 aromatic heterocycles. The molecule has 0 radical (unpaired) electrons. The second-order valence-corrected chi connectivity index (χ2v) is 22.3. The Balaban J connectivity index is 1.12. The second-order valence-electron chi connectivity index (χ2n) is 22.3. The van der Waals surface area contributed by atoms with Crippen molar-refractivity contribution >= 4 is 40.4 Å². The van der Waals surface area contributed by atoms with Crippen LogP contribution < -0.4 is 20.7 Å². The largest absolute Gasteiger partial charge is 0.335 e. The smallest absolute Gasteiger partial charge is 0.226 e. The SMILES string of the molecule is CC1=CC2C3B(c4cc(C5CC6CC5(C)C6)ccc4N(c4ccc(C5CC6CC5(C)C6)cc4)C3=C1)c1cc(C(C)(C)C)ccc1N2c1ccc(C(C)(C)C)cc1. The molecule has 6 saturated carbocycles. The van der Waals surface area contributed by atoms with E-state index in [0.717, 1.165) is 11.8 Å². The number of allylic oxidation sites excluding steroid dienone is 2. The van der Waals surface area contributed by atoms with E-state index in [0.29, 0.717) is 22.7 Å². The third kappa shape index (κ3) is 5.07. The molecule has 0 amide bonds. The summed E-state index contributed by atoms with van der Waals surface area (Å²) in [7, 11) is 0. The van der Waals surface area contributed by atoms with Crippen molar-refractivity contribution in [2.75, 3.05) is 9.80 Å². The van der Waals surface area contributed by atoms with E-state index in [1.165, 1.54) is 94.6 Å². The number of nitrogens with zero attached hydrogens (tertiary/aromatic N) is 2. The predicted octanol–water partition coefficient (Wildman–Crippen LogP) is 12.6. The Bertz CT molecular complexity index is 2320. The highest BCUT2D eigenvalue weighted by Crippen LogP contribution is 2.67. The Labute approximate surface area is 337 Å². The van der Waals surface area contributed by atoms with Crippen LogP contribution in [-0.2, 0) is 10.8 Å². The van der Waals surface area contributed by atoms with Gasteiger partial charge in [0, 0.05) is 34.3 Å². The first-order valence-electron chi connectivity index (χ1n) is 22.1. The van der Waals surface area contributed by atoms with Gasteiger partial charge in [-0.1, -0.05) is 116 Å². The lowest BCUT2D eigenvalue weighted by Crippen LogP contribution is -2.63. The number of hydrogen-bond donors (Lipinski definition) is 0. The molecule has 4 bridgehead atoms. The average molecular weight is 737 g/mol. The minimum Gasteiger partial charge on any atom is -0.335 e. The Morgan fingerprint density at radius 2 is 1.14 bits per heavy atom. The van der Waals surface area contributed by atoms with Crippen LogP contribution >= 0.6 is 0 Å². The van der Waals surface area contributed by atoms with Crippen molar-refractivity contribution < 1.29 is 0 Å². The van der Waals surface area contributed by atoms with E-state index in [9.17, 15) is 0 Å². The van der Waals surface area contributed by atoms with E-state index < -0.39 is 0 Å². The molecule has 6 fully saturated rings. The van der Waals surface area contributed by atoms with Gasteiger partial charge in [0.15, 0.2) is 0 Å². The summed E-state index contributed by atoms with van der Waals surface area (Å²) in [6.45, 7) is 21.8. The summed E-state index contributed by atoms with van der Waals surface area (Å²) in [6, 6.07) is 35.0. The molecule has 286 valence electrons. The molecule has 9 aliphatic rings. The number of fused-ring (bicyclic) bond motifs is 6. The molecule has 2 aliphatic heterocycles. The highest BCUT2D eigenvalue weighted by Gasteiger charge is 2.57. The standard InChI is InChI=1S/C53H61BN2/c1-32-22-47-49-48(23-32)56(40-18-13-37(14-19-40)50(2,3)4)46-21-15-38(51(5,6)7)27-44(46)54(49)43-26-36(42-25-34-30-53(42,9)31-34)12-20-45(43)55(47)39-16-10-35(11-17-39)41-24-33-28-52(41,8)29-33/h10-23,26-27,33-34,41-42,48-49H,24-25,28-31H2,1-9H3. The van der Waals surface area contributed by atoms with Gasteiger partial charge in [-0.15, -0.1) is 0 Å². The normalized spacial score (nSPS) is 32.2. The molecule has 7 aliphatic carbocycles. The summed E-state index contributed by atoms with van der Waals surface area (Å²) >= 11 is 0. The monoisotopic (exact) mass is 736 g/mol. The maximum absolute atomic E-state index is 2.71. The van der Waals surface area contributed by atoms with Crippen LogP contribution in [0.4, 0.5) is 22.7 Å². The third-order valence-electron chi connectivity index (χ3n) is 16.4. The zero-order chi connectivity index (χ0) is 38.7. The summed E-state index contributed by atoms with van der Waals surface area (Å²) in [5.74, 6) is 3.48. The fourth-order valence-electron chi connectivity index (χ4n) is 13.6. The predicted molar refractivity (Wildman–Crippen MR) is 238 cm³/mol. The van der Waals surface area contributed by atoms with Crippen molar-refractivity contribution in [3.8, 4) is 0 Å². The molecular weight excluding hydrogens is 675 g/mol. The Hall–Kier alpha value is -3.98. The average Bonchev–Trinajstić information content (AvgIpc) is 3.86. The van der Waals surface area contributed by atoms with Crippen LogP contribution in [0.5, 0.6) is 0 Å². The van der Waals surface area contributed by atoms with Crippen LogP contribution in [0.2, 0.25) is 5.82 Å². The van der Waals surface area contributed by atoms with Gasteiger partial charge in [-0.25, -0.2) is 0 Å². The van der Waals surface area contributed by atoms with Gasteiger partial charge in [-0.3, -0.25) is 0 Å². The van der Waals surface area contributed by atoms with Crippen molar-refractivity contribution in [1.82, 2.24) is 0 Å². The molecule has 0 N–H and O–H groups in total. The Kier molecular flexibility index (Phi) is 7.28. The molecule has 4 aromatic rings. The summed E-state index contributed by atoms with van der Waals surface area (Å²) in [6.07, 6.45) is 13.5. The lowest BCUT2D eigenvalue weighted by molar-refractivity contribution is 0.156.